The Kier molecular flexibility index (Phi) is 4.72. The van der Waals surface area contributed by atoms with Gasteiger partial charge in [0.25, 0.3) is 0 Å². The van der Waals surface area contributed by atoms with Gasteiger partial charge in [-0.05, 0) is 54.3 Å². The minimum atomic E-state index is -0.00226. The second-order valence-corrected chi connectivity index (χ2v) is 5.50. The molecule has 0 amide bonds. The van der Waals surface area contributed by atoms with Crippen LogP contribution in [-0.4, -0.2) is 12.4 Å². The Morgan fingerprint density at radius 3 is 2.70 bits per heavy atom. The molecule has 2 aromatic carbocycles. The summed E-state index contributed by atoms with van der Waals surface area (Å²) in [7, 11) is 0. The molecule has 0 bridgehead atoms. The van der Waals surface area contributed by atoms with Crippen LogP contribution in [0, 0.1) is 0 Å². The zero-order valence-electron chi connectivity index (χ0n) is 13.3. The first kappa shape index (κ1) is 15.3. The van der Waals surface area contributed by atoms with Gasteiger partial charge in [-0.3, -0.25) is 4.79 Å². The highest BCUT2D eigenvalue weighted by atomic mass is 16.5. The van der Waals surface area contributed by atoms with E-state index in [0.29, 0.717) is 17.9 Å². The fourth-order valence-electron chi connectivity index (χ4n) is 2.74. The largest absolute Gasteiger partial charge is 0.493 e. The Hall–Kier alpha value is -2.61. The summed E-state index contributed by atoms with van der Waals surface area (Å²) in [5.74, 6) is 0.712. The van der Waals surface area contributed by atoms with E-state index in [1.54, 1.807) is 6.08 Å². The van der Waals surface area contributed by atoms with Gasteiger partial charge in [0.15, 0.2) is 5.78 Å². The smallest absolute Gasteiger partial charge is 0.189 e. The zero-order valence-corrected chi connectivity index (χ0v) is 13.3. The van der Waals surface area contributed by atoms with Crippen molar-refractivity contribution in [1.29, 1.82) is 0 Å². The molecule has 0 radical (unpaired) electrons. The molecule has 0 saturated heterocycles. The number of allylic oxidation sites excluding steroid dienone is 4. The van der Waals surface area contributed by atoms with Gasteiger partial charge in [0.2, 0.25) is 0 Å². The molecule has 0 N–H and O–H groups in total. The van der Waals surface area contributed by atoms with Crippen LogP contribution in [0.2, 0.25) is 0 Å². The summed E-state index contributed by atoms with van der Waals surface area (Å²) in [6.45, 7) is 2.51. The molecule has 0 heterocycles. The molecule has 0 atom stereocenters. The summed E-state index contributed by atoms with van der Waals surface area (Å²) in [6, 6.07) is 14.4. The first-order chi connectivity index (χ1) is 11.3. The normalized spacial score (nSPS) is 14.7. The third-order valence-corrected chi connectivity index (χ3v) is 3.88. The van der Waals surface area contributed by atoms with Crippen molar-refractivity contribution in [3.63, 3.8) is 0 Å². The highest BCUT2D eigenvalue weighted by Crippen LogP contribution is 2.22. The standard InChI is InChI=1S/C21H20O2/c1-2-23-21-10-6-5-9-19(21)20(22)14-12-16-11-13-17-7-3-4-8-18(17)15-16/h3-4,7-15H,2,5-6H2,1H3/b14-12+. The molecule has 0 aliphatic heterocycles. The number of carbonyl (C=O) groups excluding carboxylic acids is 1. The fourth-order valence-corrected chi connectivity index (χ4v) is 2.74. The number of ether oxygens (including phenoxy) is 1. The molecule has 3 rings (SSSR count). The molecule has 2 aromatic rings. The molecule has 1 aliphatic carbocycles. The summed E-state index contributed by atoms with van der Waals surface area (Å²) in [6.07, 6.45) is 9.29. The zero-order chi connectivity index (χ0) is 16.1. The van der Waals surface area contributed by atoms with E-state index in [1.165, 1.54) is 10.8 Å². The number of carbonyl (C=O) groups is 1. The minimum absolute atomic E-state index is 0.00226. The predicted octanol–water partition coefficient (Wildman–Crippen LogP) is 5.06. The Labute approximate surface area is 136 Å². The number of hydrogen-bond acceptors (Lipinski definition) is 2. The maximum Gasteiger partial charge on any atom is 0.189 e. The Bertz CT molecular complexity index is 809. The summed E-state index contributed by atoms with van der Waals surface area (Å²) in [5, 5.41) is 2.38. The monoisotopic (exact) mass is 304 g/mol. The van der Waals surface area contributed by atoms with E-state index in [-0.39, 0.29) is 5.78 Å². The molecular formula is C21H20O2. The Morgan fingerprint density at radius 1 is 1.09 bits per heavy atom. The molecule has 2 nitrogen and oxygen atoms in total. The van der Waals surface area contributed by atoms with Crippen LogP contribution in [0.15, 0.2) is 72.0 Å². The predicted molar refractivity (Wildman–Crippen MR) is 95.0 cm³/mol. The number of ketones is 1. The van der Waals surface area contributed by atoms with E-state index in [0.717, 1.165) is 18.4 Å². The van der Waals surface area contributed by atoms with Crippen LogP contribution in [0.3, 0.4) is 0 Å². The molecule has 0 aromatic heterocycles. The SMILES string of the molecule is CCOC1=CCCC=C1C(=O)/C=C/c1ccc2ccccc2c1. The van der Waals surface area contributed by atoms with E-state index in [4.69, 9.17) is 4.74 Å². The van der Waals surface area contributed by atoms with Crippen molar-refractivity contribution in [3.05, 3.63) is 77.6 Å². The van der Waals surface area contributed by atoms with Crippen LogP contribution in [0.4, 0.5) is 0 Å². The molecule has 116 valence electrons. The molecule has 23 heavy (non-hydrogen) atoms. The van der Waals surface area contributed by atoms with Crippen molar-refractivity contribution < 1.29 is 9.53 Å². The average molecular weight is 304 g/mol. The van der Waals surface area contributed by atoms with Crippen LogP contribution in [0.25, 0.3) is 16.8 Å². The van der Waals surface area contributed by atoms with E-state index >= 15 is 0 Å². The fraction of sp³-hybridized carbons (Fsp3) is 0.190. The summed E-state index contributed by atoms with van der Waals surface area (Å²) in [4.78, 5) is 12.4. The molecule has 2 heteroatoms. The highest BCUT2D eigenvalue weighted by molar-refractivity contribution is 6.09. The number of rotatable bonds is 5. The van der Waals surface area contributed by atoms with Crippen molar-refractivity contribution in [2.75, 3.05) is 6.61 Å². The van der Waals surface area contributed by atoms with Crippen molar-refractivity contribution in [3.8, 4) is 0 Å². The molecule has 1 aliphatic rings. The van der Waals surface area contributed by atoms with Crippen LogP contribution >= 0.6 is 0 Å². The van der Waals surface area contributed by atoms with Crippen LogP contribution < -0.4 is 0 Å². The van der Waals surface area contributed by atoms with Gasteiger partial charge in [0.05, 0.1) is 12.2 Å². The van der Waals surface area contributed by atoms with Crippen molar-refractivity contribution >= 4 is 22.6 Å². The molecule has 0 fully saturated rings. The van der Waals surface area contributed by atoms with Gasteiger partial charge in [0, 0.05) is 0 Å². The Morgan fingerprint density at radius 2 is 1.87 bits per heavy atom. The molecule has 0 saturated carbocycles. The quantitative estimate of drug-likeness (QED) is 0.721. The molecule has 0 spiro atoms. The van der Waals surface area contributed by atoms with Crippen molar-refractivity contribution in [2.45, 2.75) is 19.8 Å². The third kappa shape index (κ3) is 3.59. The van der Waals surface area contributed by atoms with Crippen molar-refractivity contribution in [1.82, 2.24) is 0 Å². The van der Waals surface area contributed by atoms with E-state index < -0.39 is 0 Å². The topological polar surface area (TPSA) is 26.3 Å². The lowest BCUT2D eigenvalue weighted by Gasteiger charge is -2.14. The first-order valence-corrected chi connectivity index (χ1v) is 8.02. The molecule has 0 unspecified atom stereocenters. The van der Waals surface area contributed by atoms with E-state index in [1.807, 2.05) is 43.4 Å². The summed E-state index contributed by atoms with van der Waals surface area (Å²) in [5.41, 5.74) is 1.70. The number of fused-ring (bicyclic) bond motifs is 1. The van der Waals surface area contributed by atoms with Gasteiger partial charge in [-0.1, -0.05) is 48.6 Å². The van der Waals surface area contributed by atoms with Crippen LogP contribution in [0.1, 0.15) is 25.3 Å². The van der Waals surface area contributed by atoms with Gasteiger partial charge < -0.3 is 4.74 Å². The number of hydrogen-bond donors (Lipinski definition) is 0. The Balaban J connectivity index is 1.79. The minimum Gasteiger partial charge on any atom is -0.493 e. The van der Waals surface area contributed by atoms with Gasteiger partial charge in [-0.15, -0.1) is 0 Å². The van der Waals surface area contributed by atoms with Gasteiger partial charge in [0.1, 0.15) is 5.76 Å². The second-order valence-electron chi connectivity index (χ2n) is 5.50. The second kappa shape index (κ2) is 7.10. The third-order valence-electron chi connectivity index (χ3n) is 3.88. The van der Waals surface area contributed by atoms with Gasteiger partial charge >= 0.3 is 0 Å². The lowest BCUT2D eigenvalue weighted by molar-refractivity contribution is -0.111. The van der Waals surface area contributed by atoms with Gasteiger partial charge in [-0.25, -0.2) is 0 Å². The lowest BCUT2D eigenvalue weighted by atomic mass is 10.00. The van der Waals surface area contributed by atoms with Crippen LogP contribution in [0.5, 0.6) is 0 Å². The van der Waals surface area contributed by atoms with E-state index in [2.05, 4.69) is 24.3 Å². The average Bonchev–Trinajstić information content (AvgIpc) is 2.60. The number of benzene rings is 2. The lowest BCUT2D eigenvalue weighted by Crippen LogP contribution is -2.08. The van der Waals surface area contributed by atoms with Crippen molar-refractivity contribution in [2.24, 2.45) is 0 Å². The van der Waals surface area contributed by atoms with Crippen LogP contribution in [-0.2, 0) is 9.53 Å². The summed E-state index contributed by atoms with van der Waals surface area (Å²) < 4.78 is 5.56. The first-order valence-electron chi connectivity index (χ1n) is 8.02. The summed E-state index contributed by atoms with van der Waals surface area (Å²) >= 11 is 0. The molecular weight excluding hydrogens is 284 g/mol. The highest BCUT2D eigenvalue weighted by Gasteiger charge is 2.15. The maximum absolute atomic E-state index is 12.4. The maximum atomic E-state index is 12.4. The van der Waals surface area contributed by atoms with E-state index in [9.17, 15) is 4.79 Å². The van der Waals surface area contributed by atoms with Gasteiger partial charge in [-0.2, -0.15) is 0 Å².